The molecule has 0 bridgehead atoms. The molecule has 21 heavy (non-hydrogen) atoms. The lowest BCUT2D eigenvalue weighted by Crippen LogP contribution is -1.98. The standard InChI is InChI=1S/C16H15N5/c1-10-11(2)21(13-7-5-4-6-8-13)15-14(10)16-18-12(3)19-20(16)9-17-15/h4-9H,1-3H3. The molecular formula is C16H15N5. The third kappa shape index (κ3) is 1.60. The van der Waals surface area contributed by atoms with Crippen LogP contribution in [0.2, 0.25) is 0 Å². The maximum atomic E-state index is 4.60. The highest BCUT2D eigenvalue weighted by molar-refractivity contribution is 5.94. The zero-order valence-electron chi connectivity index (χ0n) is 12.2. The lowest BCUT2D eigenvalue weighted by Gasteiger charge is -2.07. The van der Waals surface area contributed by atoms with E-state index < -0.39 is 0 Å². The fourth-order valence-corrected chi connectivity index (χ4v) is 2.86. The Balaban J connectivity index is 2.18. The van der Waals surface area contributed by atoms with Crippen molar-refractivity contribution in [3.05, 3.63) is 53.7 Å². The van der Waals surface area contributed by atoms with E-state index >= 15 is 0 Å². The highest BCUT2D eigenvalue weighted by Crippen LogP contribution is 2.29. The zero-order valence-corrected chi connectivity index (χ0v) is 12.2. The molecule has 0 saturated carbocycles. The SMILES string of the molecule is Cc1nc2c3c(C)c(C)n(-c4ccccc4)c3ncn2n1. The molecule has 0 atom stereocenters. The van der Waals surface area contributed by atoms with Crippen molar-refractivity contribution in [1.82, 2.24) is 24.1 Å². The lowest BCUT2D eigenvalue weighted by atomic mass is 10.2. The van der Waals surface area contributed by atoms with Gasteiger partial charge in [0, 0.05) is 11.4 Å². The molecule has 4 rings (SSSR count). The van der Waals surface area contributed by atoms with Crippen LogP contribution >= 0.6 is 0 Å². The molecule has 5 nitrogen and oxygen atoms in total. The monoisotopic (exact) mass is 277 g/mol. The summed E-state index contributed by atoms with van der Waals surface area (Å²) in [6.07, 6.45) is 1.73. The Labute approximate surface area is 121 Å². The topological polar surface area (TPSA) is 48.0 Å². The van der Waals surface area contributed by atoms with Crippen molar-refractivity contribution in [1.29, 1.82) is 0 Å². The van der Waals surface area contributed by atoms with Crippen molar-refractivity contribution in [2.24, 2.45) is 0 Å². The number of benzene rings is 1. The Morgan fingerprint density at radius 3 is 2.48 bits per heavy atom. The van der Waals surface area contributed by atoms with Crippen molar-refractivity contribution in [2.45, 2.75) is 20.8 Å². The second-order valence-electron chi connectivity index (χ2n) is 5.25. The van der Waals surface area contributed by atoms with E-state index in [2.05, 4.69) is 45.6 Å². The van der Waals surface area contributed by atoms with E-state index in [-0.39, 0.29) is 0 Å². The van der Waals surface area contributed by atoms with Crippen LogP contribution < -0.4 is 0 Å². The summed E-state index contributed by atoms with van der Waals surface area (Å²) in [4.78, 5) is 9.15. The van der Waals surface area contributed by atoms with Gasteiger partial charge in [0.1, 0.15) is 12.2 Å². The first kappa shape index (κ1) is 12.1. The molecule has 1 aromatic carbocycles. The molecule has 0 aliphatic heterocycles. The van der Waals surface area contributed by atoms with Gasteiger partial charge in [0.25, 0.3) is 0 Å². The van der Waals surface area contributed by atoms with Crippen LogP contribution in [0.15, 0.2) is 36.7 Å². The van der Waals surface area contributed by atoms with Gasteiger partial charge in [-0.25, -0.2) is 14.5 Å². The second-order valence-corrected chi connectivity index (χ2v) is 5.25. The highest BCUT2D eigenvalue weighted by atomic mass is 15.3. The summed E-state index contributed by atoms with van der Waals surface area (Å²) < 4.78 is 3.92. The summed E-state index contributed by atoms with van der Waals surface area (Å²) in [5, 5.41) is 5.42. The van der Waals surface area contributed by atoms with Gasteiger partial charge in [-0.2, -0.15) is 5.10 Å². The molecule has 0 fully saturated rings. The summed E-state index contributed by atoms with van der Waals surface area (Å²) in [6.45, 7) is 6.13. The predicted molar refractivity (Wildman–Crippen MR) is 81.8 cm³/mol. The van der Waals surface area contributed by atoms with Gasteiger partial charge in [0.05, 0.1) is 5.39 Å². The van der Waals surface area contributed by atoms with Crippen molar-refractivity contribution in [3.63, 3.8) is 0 Å². The molecule has 3 aromatic heterocycles. The van der Waals surface area contributed by atoms with Gasteiger partial charge in [-0.15, -0.1) is 0 Å². The maximum Gasteiger partial charge on any atom is 0.168 e. The number of fused-ring (bicyclic) bond motifs is 3. The molecule has 104 valence electrons. The van der Waals surface area contributed by atoms with E-state index in [9.17, 15) is 0 Å². The summed E-state index contributed by atoms with van der Waals surface area (Å²) in [5.74, 6) is 0.758. The first-order valence-electron chi connectivity index (χ1n) is 6.92. The number of nitrogens with zero attached hydrogens (tertiary/aromatic N) is 5. The molecule has 0 unspecified atom stereocenters. The largest absolute Gasteiger partial charge is 0.298 e. The van der Waals surface area contributed by atoms with E-state index in [1.165, 1.54) is 11.3 Å². The first-order valence-corrected chi connectivity index (χ1v) is 6.92. The predicted octanol–water partition coefficient (Wildman–Crippen LogP) is 2.99. The van der Waals surface area contributed by atoms with Gasteiger partial charge in [-0.05, 0) is 38.5 Å². The Morgan fingerprint density at radius 1 is 0.952 bits per heavy atom. The van der Waals surface area contributed by atoms with Gasteiger partial charge in [-0.1, -0.05) is 18.2 Å². The normalized spacial score (nSPS) is 11.6. The smallest absolute Gasteiger partial charge is 0.168 e. The Kier molecular flexibility index (Phi) is 2.39. The van der Waals surface area contributed by atoms with Crippen LogP contribution in [-0.4, -0.2) is 24.1 Å². The number of aromatic nitrogens is 5. The molecule has 0 N–H and O–H groups in total. The van der Waals surface area contributed by atoms with Gasteiger partial charge >= 0.3 is 0 Å². The van der Waals surface area contributed by atoms with E-state index in [0.717, 1.165) is 28.2 Å². The molecule has 4 aromatic rings. The average molecular weight is 277 g/mol. The maximum absolute atomic E-state index is 4.60. The molecular weight excluding hydrogens is 262 g/mol. The van der Waals surface area contributed by atoms with E-state index in [4.69, 9.17) is 0 Å². The minimum atomic E-state index is 0.758. The lowest BCUT2D eigenvalue weighted by molar-refractivity contribution is 0.901. The van der Waals surface area contributed by atoms with Gasteiger partial charge in [0.15, 0.2) is 11.3 Å². The van der Waals surface area contributed by atoms with Gasteiger partial charge in [0.2, 0.25) is 0 Å². The summed E-state index contributed by atoms with van der Waals surface area (Å²) in [6, 6.07) is 10.3. The highest BCUT2D eigenvalue weighted by Gasteiger charge is 2.17. The van der Waals surface area contributed by atoms with Crippen LogP contribution in [-0.2, 0) is 0 Å². The minimum Gasteiger partial charge on any atom is -0.298 e. The van der Waals surface area contributed by atoms with E-state index in [0.29, 0.717) is 0 Å². The van der Waals surface area contributed by atoms with Crippen LogP contribution in [0.5, 0.6) is 0 Å². The fraction of sp³-hybridized carbons (Fsp3) is 0.188. The third-order valence-corrected chi connectivity index (χ3v) is 3.95. The Hall–Kier alpha value is -2.69. The minimum absolute atomic E-state index is 0.758. The van der Waals surface area contributed by atoms with E-state index in [1.54, 1.807) is 10.8 Å². The van der Waals surface area contributed by atoms with Gasteiger partial charge in [-0.3, -0.25) is 4.57 Å². The number of para-hydroxylation sites is 1. The molecule has 0 amide bonds. The van der Waals surface area contributed by atoms with Crippen molar-refractivity contribution >= 4 is 16.7 Å². The van der Waals surface area contributed by atoms with Crippen LogP contribution in [0, 0.1) is 20.8 Å². The quantitative estimate of drug-likeness (QED) is 0.537. The van der Waals surface area contributed by atoms with Crippen molar-refractivity contribution in [2.75, 3.05) is 0 Å². The molecule has 5 heteroatoms. The number of rotatable bonds is 1. The van der Waals surface area contributed by atoms with E-state index in [1.807, 2.05) is 25.1 Å². The molecule has 0 saturated heterocycles. The van der Waals surface area contributed by atoms with Crippen molar-refractivity contribution in [3.8, 4) is 5.69 Å². The first-order chi connectivity index (χ1) is 10.2. The Bertz CT molecular complexity index is 963. The molecule has 0 spiro atoms. The van der Waals surface area contributed by atoms with Crippen LogP contribution in [0.4, 0.5) is 0 Å². The summed E-state index contributed by atoms with van der Waals surface area (Å²) in [7, 11) is 0. The molecule has 0 aliphatic carbocycles. The number of hydrogen-bond donors (Lipinski definition) is 0. The molecule has 0 radical (unpaired) electrons. The third-order valence-electron chi connectivity index (χ3n) is 3.95. The number of hydrogen-bond acceptors (Lipinski definition) is 3. The Morgan fingerprint density at radius 2 is 1.71 bits per heavy atom. The molecule has 0 aliphatic rings. The fourth-order valence-electron chi connectivity index (χ4n) is 2.86. The van der Waals surface area contributed by atoms with Crippen LogP contribution in [0.3, 0.4) is 0 Å². The second kappa shape index (κ2) is 4.15. The number of aryl methyl sites for hydroxylation is 2. The zero-order chi connectivity index (χ0) is 14.6. The van der Waals surface area contributed by atoms with Crippen LogP contribution in [0.25, 0.3) is 22.4 Å². The average Bonchev–Trinajstić information content (AvgIpc) is 2.98. The summed E-state index contributed by atoms with van der Waals surface area (Å²) >= 11 is 0. The summed E-state index contributed by atoms with van der Waals surface area (Å²) in [5.41, 5.74) is 5.28. The molecule has 3 heterocycles. The van der Waals surface area contributed by atoms with Gasteiger partial charge < -0.3 is 0 Å². The van der Waals surface area contributed by atoms with Crippen LogP contribution in [0.1, 0.15) is 17.1 Å². The van der Waals surface area contributed by atoms with Crippen molar-refractivity contribution < 1.29 is 0 Å².